The molecule has 0 bridgehead atoms. The fraction of sp³-hybridized carbons (Fsp3) is 0.231. The van der Waals surface area contributed by atoms with Crippen LogP contribution in [0.25, 0.3) is 0 Å². The van der Waals surface area contributed by atoms with Crippen molar-refractivity contribution in [2.24, 2.45) is 0 Å². The molecule has 1 heterocycles. The molecule has 0 aliphatic carbocycles. The number of hydrogen-bond donors (Lipinski definition) is 0. The first-order valence-corrected chi connectivity index (χ1v) is 9.70. The van der Waals surface area contributed by atoms with Crippen molar-refractivity contribution in [1.82, 2.24) is 9.97 Å². The Morgan fingerprint density at radius 2 is 1.86 bits per heavy atom. The molecule has 0 aliphatic rings. The molecule has 2 nitrogen and oxygen atoms in total. The van der Waals surface area contributed by atoms with Gasteiger partial charge in [-0.2, -0.15) is 13.2 Å². The summed E-state index contributed by atoms with van der Waals surface area (Å²) in [6, 6.07) is 5.43. The molecule has 0 fully saturated rings. The Balaban J connectivity index is 1.74. The van der Waals surface area contributed by atoms with Gasteiger partial charge in [0.1, 0.15) is 0 Å². The number of hydrogen-bond acceptors (Lipinski definition) is 5. The van der Waals surface area contributed by atoms with E-state index in [2.05, 4.69) is 9.97 Å². The zero-order chi connectivity index (χ0) is 15.1. The molecule has 2 rings (SSSR count). The third-order valence-corrected chi connectivity index (χ3v) is 6.47. The standard InChI is InChI=1S/C13H11F3N2S3/c14-13(15,16)11-3-1-2-10(6-11)8-19-21-20-9-12-7-17-4-5-18-12/h1-7H,8-9H2. The lowest BCUT2D eigenvalue weighted by Gasteiger charge is -2.08. The van der Waals surface area contributed by atoms with Gasteiger partial charge in [-0.15, -0.1) is 0 Å². The van der Waals surface area contributed by atoms with Crippen molar-refractivity contribution in [2.75, 3.05) is 0 Å². The second-order valence-electron chi connectivity index (χ2n) is 3.99. The highest BCUT2D eigenvalue weighted by Gasteiger charge is 2.30. The molecule has 2 aromatic rings. The van der Waals surface area contributed by atoms with Gasteiger partial charge in [0.15, 0.2) is 0 Å². The van der Waals surface area contributed by atoms with Crippen LogP contribution >= 0.6 is 31.4 Å². The highest BCUT2D eigenvalue weighted by atomic mass is 33.5. The summed E-state index contributed by atoms with van der Waals surface area (Å²) in [6.07, 6.45) is 0.666. The van der Waals surface area contributed by atoms with E-state index in [0.29, 0.717) is 17.1 Å². The van der Waals surface area contributed by atoms with Crippen molar-refractivity contribution >= 4 is 31.4 Å². The summed E-state index contributed by atoms with van der Waals surface area (Å²) >= 11 is 0. The number of alkyl halides is 3. The molecule has 21 heavy (non-hydrogen) atoms. The van der Waals surface area contributed by atoms with E-state index in [0.717, 1.165) is 11.8 Å². The molecule has 0 saturated heterocycles. The van der Waals surface area contributed by atoms with Gasteiger partial charge < -0.3 is 0 Å². The third-order valence-electron chi connectivity index (χ3n) is 2.40. The summed E-state index contributed by atoms with van der Waals surface area (Å²) in [4.78, 5) is 8.11. The van der Waals surface area contributed by atoms with E-state index >= 15 is 0 Å². The summed E-state index contributed by atoms with van der Waals surface area (Å²) < 4.78 is 37.7. The molecular formula is C13H11F3N2S3. The quantitative estimate of drug-likeness (QED) is 0.526. The molecule has 1 aromatic heterocycles. The fourth-order valence-corrected chi connectivity index (χ4v) is 4.94. The Hall–Kier alpha value is -0.860. The lowest BCUT2D eigenvalue weighted by molar-refractivity contribution is -0.137. The van der Waals surface area contributed by atoms with Crippen LogP contribution in [-0.4, -0.2) is 9.97 Å². The van der Waals surface area contributed by atoms with Crippen molar-refractivity contribution in [3.63, 3.8) is 0 Å². The second kappa shape index (κ2) is 7.95. The van der Waals surface area contributed by atoms with Crippen LogP contribution in [0.2, 0.25) is 0 Å². The molecule has 0 radical (unpaired) electrons. The Morgan fingerprint density at radius 1 is 1.05 bits per heavy atom. The molecule has 0 saturated carbocycles. The maximum absolute atomic E-state index is 12.6. The lowest BCUT2D eigenvalue weighted by Crippen LogP contribution is -2.04. The monoisotopic (exact) mass is 348 g/mol. The van der Waals surface area contributed by atoms with Gasteiger partial charge in [-0.25, -0.2) is 0 Å². The predicted octanol–water partition coefficient (Wildman–Crippen LogP) is 5.23. The van der Waals surface area contributed by atoms with Crippen LogP contribution in [0, 0.1) is 0 Å². The highest BCUT2D eigenvalue weighted by Crippen LogP contribution is 2.39. The molecule has 0 N–H and O–H groups in total. The first kappa shape index (κ1) is 16.5. The van der Waals surface area contributed by atoms with Gasteiger partial charge in [0.05, 0.1) is 11.3 Å². The molecule has 112 valence electrons. The van der Waals surface area contributed by atoms with Gasteiger partial charge in [-0.05, 0) is 21.5 Å². The van der Waals surface area contributed by atoms with E-state index < -0.39 is 11.7 Å². The van der Waals surface area contributed by atoms with Crippen molar-refractivity contribution in [3.05, 3.63) is 59.7 Å². The molecule has 0 unspecified atom stereocenters. The van der Waals surface area contributed by atoms with E-state index in [4.69, 9.17) is 0 Å². The van der Waals surface area contributed by atoms with Gasteiger partial charge in [0.2, 0.25) is 0 Å². The second-order valence-corrected chi connectivity index (χ2v) is 8.22. The molecule has 8 heteroatoms. The van der Waals surface area contributed by atoms with Crippen molar-refractivity contribution < 1.29 is 13.2 Å². The first-order valence-electron chi connectivity index (χ1n) is 5.88. The molecule has 1 aromatic carbocycles. The Morgan fingerprint density at radius 3 is 2.57 bits per heavy atom. The maximum Gasteiger partial charge on any atom is 0.416 e. The van der Waals surface area contributed by atoms with E-state index in [9.17, 15) is 13.2 Å². The Labute approximate surface area is 132 Å². The van der Waals surface area contributed by atoms with Gasteiger partial charge in [-0.1, -0.05) is 39.8 Å². The lowest BCUT2D eigenvalue weighted by atomic mass is 10.1. The van der Waals surface area contributed by atoms with Crippen LogP contribution in [0.1, 0.15) is 16.8 Å². The Kier molecular flexibility index (Phi) is 6.25. The van der Waals surface area contributed by atoms with E-state index in [1.54, 1.807) is 45.3 Å². The summed E-state index contributed by atoms with van der Waals surface area (Å²) in [5.74, 6) is 1.25. The zero-order valence-corrected chi connectivity index (χ0v) is 13.2. The summed E-state index contributed by atoms with van der Waals surface area (Å²) in [6.45, 7) is 0. The van der Waals surface area contributed by atoms with E-state index in [-0.39, 0.29) is 0 Å². The molecule has 0 spiro atoms. The van der Waals surface area contributed by atoms with Crippen LogP contribution < -0.4 is 0 Å². The van der Waals surface area contributed by atoms with Crippen LogP contribution in [0.4, 0.5) is 13.2 Å². The zero-order valence-electron chi connectivity index (χ0n) is 10.7. The number of aromatic nitrogens is 2. The minimum Gasteiger partial charge on any atom is -0.261 e. The minimum absolute atomic E-state index is 0.530. The van der Waals surface area contributed by atoms with Gasteiger partial charge >= 0.3 is 6.18 Å². The maximum atomic E-state index is 12.6. The average molecular weight is 348 g/mol. The Bertz CT molecular complexity index is 564. The number of rotatable bonds is 6. The van der Waals surface area contributed by atoms with Crippen LogP contribution in [0.3, 0.4) is 0 Å². The third kappa shape index (κ3) is 5.80. The topological polar surface area (TPSA) is 25.8 Å². The van der Waals surface area contributed by atoms with Gasteiger partial charge in [0, 0.05) is 30.1 Å². The SMILES string of the molecule is FC(F)(F)c1cccc(CSSSCc2cnccn2)c1. The first-order chi connectivity index (χ1) is 10.1. The van der Waals surface area contributed by atoms with Crippen molar-refractivity contribution in [1.29, 1.82) is 0 Å². The van der Waals surface area contributed by atoms with Crippen LogP contribution in [0.5, 0.6) is 0 Å². The van der Waals surface area contributed by atoms with Gasteiger partial charge in [0.25, 0.3) is 0 Å². The number of benzene rings is 1. The summed E-state index contributed by atoms with van der Waals surface area (Å²) in [5, 5.41) is 0. The molecule has 0 aliphatic heterocycles. The number of halogens is 3. The van der Waals surface area contributed by atoms with Crippen molar-refractivity contribution in [3.8, 4) is 0 Å². The molecule has 0 atom stereocenters. The van der Waals surface area contributed by atoms with Gasteiger partial charge in [-0.3, -0.25) is 9.97 Å². The van der Waals surface area contributed by atoms with Crippen molar-refractivity contribution in [2.45, 2.75) is 17.7 Å². The predicted molar refractivity (Wildman–Crippen MR) is 83.7 cm³/mol. The molecular weight excluding hydrogens is 337 g/mol. The van der Waals surface area contributed by atoms with Crippen LogP contribution in [-0.2, 0) is 17.7 Å². The van der Waals surface area contributed by atoms with E-state index in [1.165, 1.54) is 22.9 Å². The molecule has 0 amide bonds. The average Bonchev–Trinajstić information content (AvgIpc) is 2.47. The smallest absolute Gasteiger partial charge is 0.261 e. The highest BCUT2D eigenvalue weighted by molar-refractivity contribution is 9.09. The fourth-order valence-electron chi connectivity index (χ4n) is 1.45. The van der Waals surface area contributed by atoms with E-state index in [1.807, 2.05) is 0 Å². The minimum atomic E-state index is -4.28. The summed E-state index contributed by atoms with van der Waals surface area (Å²) in [5.41, 5.74) is 0.954. The number of nitrogens with zero attached hydrogens (tertiary/aromatic N) is 2. The largest absolute Gasteiger partial charge is 0.416 e. The summed E-state index contributed by atoms with van der Waals surface area (Å²) in [7, 11) is 4.64. The normalized spacial score (nSPS) is 11.6. The van der Waals surface area contributed by atoms with Crippen LogP contribution in [0.15, 0.2) is 42.9 Å².